The number of amides is 2. The Hall–Kier alpha value is -1.49. The number of nitrogens with zero attached hydrogens (tertiary/aromatic N) is 1. The monoisotopic (exact) mass is 266 g/mol. The predicted octanol–water partition coefficient (Wildman–Crippen LogP) is 1.57. The van der Waals surface area contributed by atoms with E-state index in [2.05, 4.69) is 17.9 Å². The second-order valence-corrected chi connectivity index (χ2v) is 4.32. The van der Waals surface area contributed by atoms with E-state index in [9.17, 15) is 9.59 Å². The van der Waals surface area contributed by atoms with Crippen LogP contribution in [0.2, 0.25) is 0 Å². The highest BCUT2D eigenvalue weighted by molar-refractivity contribution is 7.80. The first-order chi connectivity index (χ1) is 8.58. The molecule has 98 valence electrons. The van der Waals surface area contributed by atoms with Crippen molar-refractivity contribution in [1.29, 1.82) is 0 Å². The molecule has 0 radical (unpaired) electrons. The molecule has 0 atom stereocenters. The predicted molar refractivity (Wildman–Crippen MR) is 74.0 cm³/mol. The van der Waals surface area contributed by atoms with Crippen LogP contribution in [0.3, 0.4) is 0 Å². The van der Waals surface area contributed by atoms with Gasteiger partial charge in [0.2, 0.25) is 5.91 Å². The van der Waals surface area contributed by atoms with Crippen LogP contribution in [0.15, 0.2) is 29.2 Å². The van der Waals surface area contributed by atoms with Crippen LogP contribution in [-0.2, 0) is 4.79 Å². The fourth-order valence-corrected chi connectivity index (χ4v) is 1.82. The van der Waals surface area contributed by atoms with Crippen LogP contribution in [0.5, 0.6) is 0 Å². The largest absolute Gasteiger partial charge is 0.343 e. The number of likely N-dealkylation sites (N-methyl/N-ethyl adjacent to an activating group) is 1. The van der Waals surface area contributed by atoms with Crippen molar-refractivity contribution < 1.29 is 9.59 Å². The Balaban J connectivity index is 2.54. The third-order valence-electron chi connectivity index (χ3n) is 2.62. The molecule has 18 heavy (non-hydrogen) atoms. The zero-order chi connectivity index (χ0) is 13.5. The average molecular weight is 266 g/mol. The molecule has 0 aliphatic carbocycles. The second-order valence-electron chi connectivity index (χ2n) is 3.80. The minimum Gasteiger partial charge on any atom is -0.343 e. The highest BCUT2D eigenvalue weighted by Crippen LogP contribution is 2.08. The van der Waals surface area contributed by atoms with E-state index in [1.165, 1.54) is 0 Å². The third kappa shape index (κ3) is 4.07. The average Bonchev–Trinajstić information content (AvgIpc) is 2.37. The SMILES string of the molecule is CCN(CC)C(=O)CNC(=O)c1cccc(S)c1. The minimum absolute atomic E-state index is 0.0251. The van der Waals surface area contributed by atoms with E-state index in [0.717, 1.165) is 4.90 Å². The van der Waals surface area contributed by atoms with Crippen LogP contribution >= 0.6 is 12.6 Å². The summed E-state index contributed by atoms with van der Waals surface area (Å²) in [6, 6.07) is 6.90. The van der Waals surface area contributed by atoms with Gasteiger partial charge in [0.1, 0.15) is 0 Å². The Morgan fingerprint density at radius 2 is 1.94 bits per heavy atom. The van der Waals surface area contributed by atoms with Crippen LogP contribution in [0.1, 0.15) is 24.2 Å². The summed E-state index contributed by atoms with van der Waals surface area (Å²) in [4.78, 5) is 25.9. The van der Waals surface area contributed by atoms with Gasteiger partial charge in [-0.3, -0.25) is 9.59 Å². The van der Waals surface area contributed by atoms with Gasteiger partial charge in [-0.2, -0.15) is 0 Å². The molecule has 0 aromatic heterocycles. The van der Waals surface area contributed by atoms with Gasteiger partial charge >= 0.3 is 0 Å². The zero-order valence-corrected chi connectivity index (χ0v) is 11.5. The fraction of sp³-hybridized carbons (Fsp3) is 0.385. The molecular weight excluding hydrogens is 248 g/mol. The molecule has 0 saturated heterocycles. The fourth-order valence-electron chi connectivity index (χ4n) is 1.59. The maximum absolute atomic E-state index is 11.8. The summed E-state index contributed by atoms with van der Waals surface area (Å²) in [6.45, 7) is 5.15. The first kappa shape index (κ1) is 14.6. The normalized spacial score (nSPS) is 9.94. The van der Waals surface area contributed by atoms with Crippen LogP contribution < -0.4 is 5.32 Å². The Labute approximate surface area is 113 Å². The summed E-state index contributed by atoms with van der Waals surface area (Å²) in [6.07, 6.45) is 0. The first-order valence-electron chi connectivity index (χ1n) is 5.93. The minimum atomic E-state index is -0.258. The number of carbonyl (C=O) groups excluding carboxylic acids is 2. The van der Waals surface area contributed by atoms with Gasteiger partial charge in [-0.05, 0) is 32.0 Å². The van der Waals surface area contributed by atoms with Crippen LogP contribution in [0.25, 0.3) is 0 Å². The van der Waals surface area contributed by atoms with Gasteiger partial charge in [-0.1, -0.05) is 6.07 Å². The summed E-state index contributed by atoms with van der Waals surface area (Å²) in [5.41, 5.74) is 0.509. The molecule has 0 fully saturated rings. The lowest BCUT2D eigenvalue weighted by Crippen LogP contribution is -2.39. The van der Waals surface area contributed by atoms with E-state index in [4.69, 9.17) is 0 Å². The molecule has 5 heteroatoms. The van der Waals surface area contributed by atoms with E-state index in [0.29, 0.717) is 18.7 Å². The van der Waals surface area contributed by atoms with Crippen LogP contribution in [-0.4, -0.2) is 36.3 Å². The standard InChI is InChI=1S/C13H18N2O2S/c1-3-15(4-2)12(16)9-14-13(17)10-6-5-7-11(18)8-10/h5-8,18H,3-4,9H2,1-2H3,(H,14,17). The lowest BCUT2D eigenvalue weighted by molar-refractivity contribution is -0.129. The molecule has 0 spiro atoms. The maximum atomic E-state index is 11.8. The van der Waals surface area contributed by atoms with Gasteiger partial charge < -0.3 is 10.2 Å². The van der Waals surface area contributed by atoms with E-state index >= 15 is 0 Å². The van der Waals surface area contributed by atoms with Gasteiger partial charge in [0.25, 0.3) is 5.91 Å². The first-order valence-corrected chi connectivity index (χ1v) is 6.38. The van der Waals surface area contributed by atoms with Gasteiger partial charge in [0.15, 0.2) is 0 Å². The van der Waals surface area contributed by atoms with E-state index in [1.807, 2.05) is 13.8 Å². The van der Waals surface area contributed by atoms with Crippen molar-refractivity contribution >= 4 is 24.4 Å². The Bertz CT molecular complexity index is 431. The number of thiol groups is 1. The van der Waals surface area contributed by atoms with Crippen molar-refractivity contribution in [3.05, 3.63) is 29.8 Å². The number of benzene rings is 1. The highest BCUT2D eigenvalue weighted by atomic mass is 32.1. The van der Waals surface area contributed by atoms with Crippen LogP contribution in [0.4, 0.5) is 0 Å². The molecule has 0 saturated carbocycles. The van der Waals surface area contributed by atoms with Crippen LogP contribution in [0, 0.1) is 0 Å². The zero-order valence-electron chi connectivity index (χ0n) is 10.6. The van der Waals surface area contributed by atoms with Crippen molar-refractivity contribution in [2.24, 2.45) is 0 Å². The number of hydrogen-bond donors (Lipinski definition) is 2. The summed E-state index contributed by atoms with van der Waals surface area (Å²) in [7, 11) is 0. The van der Waals surface area contributed by atoms with Crippen molar-refractivity contribution in [3.8, 4) is 0 Å². The maximum Gasteiger partial charge on any atom is 0.251 e. The smallest absolute Gasteiger partial charge is 0.251 e. The van der Waals surface area contributed by atoms with Crippen molar-refractivity contribution in [2.75, 3.05) is 19.6 Å². The Morgan fingerprint density at radius 3 is 2.50 bits per heavy atom. The molecule has 1 aromatic carbocycles. The van der Waals surface area contributed by atoms with Gasteiger partial charge in [0.05, 0.1) is 6.54 Å². The summed E-state index contributed by atoms with van der Waals surface area (Å²) in [5.74, 6) is -0.332. The van der Waals surface area contributed by atoms with E-state index < -0.39 is 0 Å². The molecule has 2 amide bonds. The molecular formula is C13H18N2O2S. The number of nitrogens with one attached hydrogen (secondary N) is 1. The molecule has 0 heterocycles. The van der Waals surface area contributed by atoms with Gasteiger partial charge in [0, 0.05) is 23.5 Å². The lowest BCUT2D eigenvalue weighted by atomic mass is 10.2. The molecule has 0 aliphatic heterocycles. The molecule has 0 bridgehead atoms. The quantitative estimate of drug-likeness (QED) is 0.795. The molecule has 1 N–H and O–H groups in total. The molecule has 4 nitrogen and oxygen atoms in total. The number of hydrogen-bond acceptors (Lipinski definition) is 3. The number of rotatable bonds is 5. The van der Waals surface area contributed by atoms with Crippen molar-refractivity contribution in [1.82, 2.24) is 10.2 Å². The topological polar surface area (TPSA) is 49.4 Å². The third-order valence-corrected chi connectivity index (χ3v) is 2.90. The van der Waals surface area contributed by atoms with Gasteiger partial charge in [-0.25, -0.2) is 0 Å². The summed E-state index contributed by atoms with van der Waals surface area (Å²) >= 11 is 4.17. The van der Waals surface area contributed by atoms with Gasteiger partial charge in [-0.15, -0.1) is 12.6 Å². The summed E-state index contributed by atoms with van der Waals surface area (Å²) in [5, 5.41) is 2.61. The van der Waals surface area contributed by atoms with E-state index in [1.54, 1.807) is 29.2 Å². The number of carbonyl (C=O) groups is 2. The molecule has 1 aromatic rings. The van der Waals surface area contributed by atoms with Crippen molar-refractivity contribution in [2.45, 2.75) is 18.7 Å². The van der Waals surface area contributed by atoms with E-state index in [-0.39, 0.29) is 18.4 Å². The van der Waals surface area contributed by atoms with Crippen molar-refractivity contribution in [3.63, 3.8) is 0 Å². The molecule has 0 aliphatic rings. The molecule has 1 rings (SSSR count). The summed E-state index contributed by atoms with van der Waals surface area (Å²) < 4.78 is 0. The molecule has 0 unspecified atom stereocenters. The lowest BCUT2D eigenvalue weighted by Gasteiger charge is -2.18. The highest BCUT2D eigenvalue weighted by Gasteiger charge is 2.11. The Morgan fingerprint density at radius 1 is 1.28 bits per heavy atom. The Kier molecular flexibility index (Phi) is 5.71. The second kappa shape index (κ2) is 7.06.